The molecule has 2 heterocycles. The lowest BCUT2D eigenvalue weighted by Crippen LogP contribution is -2.58. The van der Waals surface area contributed by atoms with Crippen LogP contribution in [0, 0.1) is 11.3 Å². The molecule has 4 aromatic rings. The summed E-state index contributed by atoms with van der Waals surface area (Å²) in [5.41, 5.74) is 1.90. The van der Waals surface area contributed by atoms with Gasteiger partial charge in [-0.2, -0.15) is 5.10 Å². The second-order valence-corrected chi connectivity index (χ2v) is 16.2. The molecule has 0 aliphatic heterocycles. The summed E-state index contributed by atoms with van der Waals surface area (Å²) in [6, 6.07) is 13.9. The van der Waals surface area contributed by atoms with Gasteiger partial charge in [-0.05, 0) is 92.2 Å². The van der Waals surface area contributed by atoms with E-state index in [2.05, 4.69) is 33.0 Å². The van der Waals surface area contributed by atoms with Gasteiger partial charge in [0.05, 0.1) is 34.7 Å². The number of fused-ring (bicyclic) bond motifs is 1. The molecule has 1 unspecified atom stereocenters. The fourth-order valence-electron chi connectivity index (χ4n) is 7.82. The number of aromatic amines is 1. The maximum Gasteiger partial charge on any atom is 0.270 e. The van der Waals surface area contributed by atoms with E-state index in [4.69, 9.17) is 26.1 Å². The number of rotatable bonds is 16. The Labute approximate surface area is 315 Å². The van der Waals surface area contributed by atoms with Crippen LogP contribution in [-0.2, 0) is 31.5 Å². The predicted molar refractivity (Wildman–Crippen MR) is 202 cm³/mol. The van der Waals surface area contributed by atoms with Crippen LogP contribution in [0.1, 0.15) is 98.2 Å². The highest BCUT2D eigenvalue weighted by atomic mass is 35.5. The van der Waals surface area contributed by atoms with Crippen LogP contribution >= 0.6 is 11.6 Å². The van der Waals surface area contributed by atoms with Crippen LogP contribution < -0.4 is 16.0 Å². The third kappa shape index (κ3) is 7.33. The van der Waals surface area contributed by atoms with Crippen molar-refractivity contribution in [3.8, 4) is 0 Å². The molecular weight excluding hydrogens is 694 g/mol. The first-order valence-corrected chi connectivity index (χ1v) is 18.9. The van der Waals surface area contributed by atoms with E-state index in [9.17, 15) is 14.4 Å². The second-order valence-electron chi connectivity index (χ2n) is 15.8. The first kappa shape index (κ1) is 37.1. The monoisotopic (exact) mass is 743 g/mol. The van der Waals surface area contributed by atoms with Crippen molar-refractivity contribution in [3.63, 3.8) is 0 Å². The topological polar surface area (TPSA) is 152 Å². The van der Waals surface area contributed by atoms with Crippen molar-refractivity contribution in [2.45, 2.75) is 87.8 Å². The number of carbonyl (C=O) groups is 3. The summed E-state index contributed by atoms with van der Waals surface area (Å²) in [5, 5.41) is 14.3. The Bertz CT molecular complexity index is 2000. The zero-order valence-corrected chi connectivity index (χ0v) is 31.9. The molecule has 12 nitrogen and oxygen atoms in total. The Kier molecular flexibility index (Phi) is 10.2. The largest absolute Gasteiger partial charge is 0.383 e. The molecule has 0 radical (unpaired) electrons. The van der Waals surface area contributed by atoms with Gasteiger partial charge in [-0.15, -0.1) is 0 Å². The van der Waals surface area contributed by atoms with E-state index in [0.717, 1.165) is 50.5 Å². The van der Waals surface area contributed by atoms with E-state index < -0.39 is 17.5 Å². The van der Waals surface area contributed by atoms with Gasteiger partial charge >= 0.3 is 0 Å². The fraction of sp³-hybridized carbons (Fsp3) is 0.525. The Morgan fingerprint density at radius 2 is 1.83 bits per heavy atom. The number of methoxy groups -OCH3 is 2. The molecule has 3 amide bonds. The van der Waals surface area contributed by atoms with Crippen molar-refractivity contribution in [1.82, 2.24) is 35.7 Å². The van der Waals surface area contributed by atoms with Crippen LogP contribution in [0.25, 0.3) is 11.0 Å². The SMILES string of the molecule is COCC(C)(C(=O)N[C@@H](C(=O)NCC1(OC)CC1)C1CCC1)c1ccc2nc([C@@H](NC(=O)c3ccnn3C)[C@H](c3ccccc3Cl)C3(C)CC3)[nH]c2c1. The minimum absolute atomic E-state index is 0.0685. The van der Waals surface area contributed by atoms with Gasteiger partial charge in [0.1, 0.15) is 17.6 Å². The smallest absolute Gasteiger partial charge is 0.270 e. The molecule has 0 spiro atoms. The number of amides is 3. The van der Waals surface area contributed by atoms with E-state index in [1.165, 1.54) is 0 Å². The van der Waals surface area contributed by atoms with Crippen LogP contribution in [0.5, 0.6) is 0 Å². The summed E-state index contributed by atoms with van der Waals surface area (Å²) in [6.45, 7) is 4.57. The van der Waals surface area contributed by atoms with Crippen molar-refractivity contribution in [1.29, 1.82) is 0 Å². The molecule has 53 heavy (non-hydrogen) atoms. The number of nitrogens with zero attached hydrogens (tertiary/aromatic N) is 3. The molecule has 4 atom stereocenters. The van der Waals surface area contributed by atoms with Crippen LogP contribution in [-0.4, -0.2) is 76.5 Å². The lowest BCUT2D eigenvalue weighted by Gasteiger charge is -2.36. The molecular formula is C40H50ClN7O5. The minimum atomic E-state index is -1.13. The van der Waals surface area contributed by atoms with E-state index in [1.807, 2.05) is 49.4 Å². The second kappa shape index (κ2) is 14.5. The van der Waals surface area contributed by atoms with Crippen LogP contribution in [0.2, 0.25) is 5.02 Å². The number of H-pyrrole nitrogens is 1. The van der Waals surface area contributed by atoms with Gasteiger partial charge in [-0.1, -0.05) is 49.2 Å². The number of carbonyl (C=O) groups excluding carboxylic acids is 3. The van der Waals surface area contributed by atoms with Crippen LogP contribution in [0.15, 0.2) is 54.7 Å². The van der Waals surface area contributed by atoms with E-state index in [-0.39, 0.29) is 47.2 Å². The zero-order valence-electron chi connectivity index (χ0n) is 31.1. The van der Waals surface area contributed by atoms with Gasteiger partial charge in [0.15, 0.2) is 0 Å². The average molecular weight is 744 g/mol. The maximum absolute atomic E-state index is 14.3. The number of aryl methyl sites for hydroxylation is 1. The standard InChI is InChI=1S/C40H50ClN7O5/c1-38(16-17-38)31(26-11-6-7-12-27(26)41)33(46-35(49)30-15-20-43-48(30)3)34-44-28-14-13-25(21-29(28)45-34)39(2,23-52-4)37(51)47-32(24-9-8-10-24)36(50)42-22-40(53-5)18-19-40/h6-7,11-15,20-21,24,31-33H,8-10,16-19,22-23H2,1-5H3,(H,42,50)(H,44,45)(H,46,49)(H,47,51)/t31-,32+,33-,39?/m0/s1. The average Bonchev–Trinajstić information content (AvgIpc) is 3.97. The lowest BCUT2D eigenvalue weighted by molar-refractivity contribution is -0.135. The first-order chi connectivity index (χ1) is 25.4. The number of benzene rings is 2. The molecule has 4 N–H and O–H groups in total. The van der Waals surface area contributed by atoms with Crippen molar-refractivity contribution in [2.24, 2.45) is 18.4 Å². The minimum Gasteiger partial charge on any atom is -0.383 e. The van der Waals surface area contributed by atoms with Crippen LogP contribution in [0.3, 0.4) is 0 Å². The number of aromatic nitrogens is 4. The molecule has 7 rings (SSSR count). The Hall–Kier alpha value is -4.26. The van der Waals surface area contributed by atoms with Gasteiger partial charge in [0.2, 0.25) is 11.8 Å². The number of ether oxygens (including phenoxy) is 2. The zero-order chi connectivity index (χ0) is 37.5. The Balaban J connectivity index is 1.21. The normalized spacial score (nSPS) is 20.0. The summed E-state index contributed by atoms with van der Waals surface area (Å²) in [5.74, 6) is -0.294. The molecule has 3 aliphatic rings. The van der Waals surface area contributed by atoms with Crippen molar-refractivity contribution < 1.29 is 23.9 Å². The maximum atomic E-state index is 14.3. The molecule has 3 saturated carbocycles. The van der Waals surface area contributed by atoms with E-state index in [0.29, 0.717) is 39.7 Å². The molecule has 13 heteroatoms. The number of nitrogens with one attached hydrogen (secondary N) is 4. The molecule has 282 valence electrons. The van der Waals surface area contributed by atoms with Crippen molar-refractivity contribution in [3.05, 3.63) is 82.4 Å². The highest BCUT2D eigenvalue weighted by molar-refractivity contribution is 6.31. The third-order valence-corrected chi connectivity index (χ3v) is 12.4. The molecule has 2 aromatic carbocycles. The van der Waals surface area contributed by atoms with E-state index in [1.54, 1.807) is 38.2 Å². The lowest BCUT2D eigenvalue weighted by atomic mass is 9.77. The van der Waals surface area contributed by atoms with Gasteiger partial charge in [0.25, 0.3) is 5.91 Å². The molecule has 3 aliphatic carbocycles. The number of hydrogen-bond donors (Lipinski definition) is 4. The first-order valence-electron chi connectivity index (χ1n) is 18.6. The van der Waals surface area contributed by atoms with E-state index >= 15 is 0 Å². The number of halogens is 1. The molecule has 2 aromatic heterocycles. The molecule has 3 fully saturated rings. The van der Waals surface area contributed by atoms with Crippen LogP contribution in [0.4, 0.5) is 0 Å². The van der Waals surface area contributed by atoms with Gasteiger partial charge in [0, 0.05) is 44.9 Å². The summed E-state index contributed by atoms with van der Waals surface area (Å²) < 4.78 is 12.8. The predicted octanol–water partition coefficient (Wildman–Crippen LogP) is 5.49. The molecule has 0 bridgehead atoms. The summed E-state index contributed by atoms with van der Waals surface area (Å²) in [4.78, 5) is 50.2. The van der Waals surface area contributed by atoms with Gasteiger partial charge in [-0.25, -0.2) is 4.98 Å². The van der Waals surface area contributed by atoms with Crippen molar-refractivity contribution in [2.75, 3.05) is 27.4 Å². The molecule has 0 saturated heterocycles. The Morgan fingerprint density at radius 3 is 2.43 bits per heavy atom. The highest BCUT2D eigenvalue weighted by Gasteiger charge is 2.51. The van der Waals surface area contributed by atoms with Gasteiger partial charge in [-0.3, -0.25) is 19.1 Å². The fourth-order valence-corrected chi connectivity index (χ4v) is 8.08. The summed E-state index contributed by atoms with van der Waals surface area (Å²) in [7, 11) is 4.97. The van der Waals surface area contributed by atoms with Gasteiger partial charge < -0.3 is 30.4 Å². The number of hydrogen-bond acceptors (Lipinski definition) is 7. The summed E-state index contributed by atoms with van der Waals surface area (Å²) >= 11 is 6.85. The summed E-state index contributed by atoms with van der Waals surface area (Å²) in [6.07, 6.45) is 8.15. The third-order valence-electron chi connectivity index (χ3n) is 12.1. The highest BCUT2D eigenvalue weighted by Crippen LogP contribution is 2.60. The van der Waals surface area contributed by atoms with Crippen molar-refractivity contribution >= 4 is 40.4 Å². The quantitative estimate of drug-likeness (QED) is 0.119. The number of imidazole rings is 1. The Morgan fingerprint density at radius 1 is 1.08 bits per heavy atom.